The van der Waals surface area contributed by atoms with Crippen LogP contribution in [0.15, 0.2) is 72.8 Å². The van der Waals surface area contributed by atoms with Gasteiger partial charge in [-0.2, -0.15) is 0 Å². The van der Waals surface area contributed by atoms with Crippen LogP contribution in [0, 0.1) is 0 Å². The summed E-state index contributed by atoms with van der Waals surface area (Å²) in [4.78, 5) is 10.4. The van der Waals surface area contributed by atoms with Crippen molar-refractivity contribution in [1.29, 1.82) is 0 Å². The monoisotopic (exact) mass is 325 g/mol. The summed E-state index contributed by atoms with van der Waals surface area (Å²) in [5, 5.41) is 2.59. The minimum Gasteiger partial charge on any atom is -0.341 e. The lowest BCUT2D eigenvalue weighted by atomic mass is 10.0. The molecule has 2 heteroatoms. The van der Waals surface area contributed by atoms with E-state index in [0.29, 0.717) is 0 Å². The number of nitrogens with zero attached hydrogens (tertiary/aromatic N) is 1. The van der Waals surface area contributed by atoms with Gasteiger partial charge in [0.15, 0.2) is 0 Å². The third-order valence-corrected chi connectivity index (χ3v) is 4.70. The van der Waals surface area contributed by atoms with E-state index in [4.69, 9.17) is 0 Å². The van der Waals surface area contributed by atoms with Crippen molar-refractivity contribution in [3.05, 3.63) is 78.4 Å². The first-order valence-electron chi connectivity index (χ1n) is 8.55. The lowest BCUT2D eigenvalue weighted by Crippen LogP contribution is -1.92. The van der Waals surface area contributed by atoms with Gasteiger partial charge in [0.25, 0.3) is 0 Å². The average Bonchev–Trinajstić information content (AvgIpc) is 3.00. The summed E-state index contributed by atoms with van der Waals surface area (Å²) >= 11 is 0. The third-order valence-electron chi connectivity index (χ3n) is 4.70. The molecule has 0 amide bonds. The molecule has 2 nitrogen and oxygen atoms in total. The van der Waals surface area contributed by atoms with Crippen LogP contribution in [-0.4, -0.2) is 10.9 Å². The molecule has 0 fully saturated rings. The van der Waals surface area contributed by atoms with Crippen LogP contribution in [0.5, 0.6) is 0 Å². The number of carbonyl (C=O) groups is 1. The molecule has 0 N–H and O–H groups in total. The molecule has 0 bridgehead atoms. The normalized spacial score (nSPS) is 11.6. The fourth-order valence-electron chi connectivity index (χ4n) is 3.51. The maximum absolute atomic E-state index is 10.4. The van der Waals surface area contributed by atoms with Crippen LogP contribution in [0.25, 0.3) is 39.0 Å². The molecule has 122 valence electrons. The zero-order chi connectivity index (χ0) is 17.2. The summed E-state index contributed by atoms with van der Waals surface area (Å²) in [6.07, 6.45) is 4.13. The Morgan fingerprint density at radius 2 is 1.56 bits per heavy atom. The van der Waals surface area contributed by atoms with E-state index in [0.717, 1.165) is 18.4 Å². The number of rotatable bonds is 4. The molecule has 0 spiro atoms. The second-order valence-electron chi connectivity index (χ2n) is 6.11. The number of allylic oxidation sites excluding steroid dienone is 1. The highest BCUT2D eigenvalue weighted by molar-refractivity contribution is 6.09. The molecule has 1 aromatic heterocycles. The quantitative estimate of drug-likeness (QED) is 0.349. The zero-order valence-corrected chi connectivity index (χ0v) is 14.1. The van der Waals surface area contributed by atoms with E-state index in [1.165, 1.54) is 39.0 Å². The second kappa shape index (κ2) is 6.40. The van der Waals surface area contributed by atoms with E-state index in [9.17, 15) is 4.79 Å². The van der Waals surface area contributed by atoms with Crippen molar-refractivity contribution in [3.63, 3.8) is 0 Å². The van der Waals surface area contributed by atoms with E-state index in [-0.39, 0.29) is 0 Å². The molecular formula is C23H19NO. The van der Waals surface area contributed by atoms with Crippen LogP contribution in [0.1, 0.15) is 12.5 Å². The number of aldehydes is 1. The molecule has 3 aromatic carbocycles. The number of hydrogen-bond acceptors (Lipinski definition) is 1. The molecule has 0 aliphatic heterocycles. The van der Waals surface area contributed by atoms with Crippen molar-refractivity contribution >= 4 is 34.2 Å². The van der Waals surface area contributed by atoms with Crippen LogP contribution in [0.3, 0.4) is 0 Å². The van der Waals surface area contributed by atoms with Crippen molar-refractivity contribution < 1.29 is 4.79 Å². The van der Waals surface area contributed by atoms with Crippen LogP contribution < -0.4 is 0 Å². The van der Waals surface area contributed by atoms with E-state index in [1.807, 2.05) is 18.2 Å². The van der Waals surface area contributed by atoms with Gasteiger partial charge >= 0.3 is 0 Å². The SMILES string of the molecule is CCn1c2ccccc2c2cc(-c3ccc(C=CC=O)cc3)ccc21. The van der Waals surface area contributed by atoms with Gasteiger partial charge in [0, 0.05) is 28.4 Å². The lowest BCUT2D eigenvalue weighted by molar-refractivity contribution is -0.104. The number of aryl methyl sites for hydroxylation is 1. The number of hydrogen-bond donors (Lipinski definition) is 0. The molecule has 0 saturated heterocycles. The van der Waals surface area contributed by atoms with Crippen LogP contribution in [0.2, 0.25) is 0 Å². The van der Waals surface area contributed by atoms with E-state index < -0.39 is 0 Å². The topological polar surface area (TPSA) is 22.0 Å². The maximum atomic E-state index is 10.4. The molecule has 0 radical (unpaired) electrons. The largest absolute Gasteiger partial charge is 0.341 e. The van der Waals surface area contributed by atoms with Crippen molar-refractivity contribution in [2.24, 2.45) is 0 Å². The van der Waals surface area contributed by atoms with Gasteiger partial charge in [-0.25, -0.2) is 0 Å². The van der Waals surface area contributed by atoms with E-state index in [1.54, 1.807) is 0 Å². The van der Waals surface area contributed by atoms with E-state index in [2.05, 4.69) is 66.1 Å². The Bertz CT molecular complexity index is 1080. The lowest BCUT2D eigenvalue weighted by Gasteiger charge is -2.05. The summed E-state index contributed by atoms with van der Waals surface area (Å²) in [7, 11) is 0. The van der Waals surface area contributed by atoms with Crippen LogP contribution >= 0.6 is 0 Å². The predicted molar refractivity (Wildman–Crippen MR) is 106 cm³/mol. The molecule has 4 rings (SSSR count). The van der Waals surface area contributed by atoms with Gasteiger partial charge in [0.1, 0.15) is 6.29 Å². The fraction of sp³-hybridized carbons (Fsp3) is 0.0870. The molecule has 0 aliphatic rings. The first kappa shape index (κ1) is 15.4. The highest BCUT2D eigenvalue weighted by Crippen LogP contribution is 2.32. The predicted octanol–water partition coefficient (Wildman–Crippen LogP) is 5.69. The molecule has 0 aliphatic carbocycles. The minimum absolute atomic E-state index is 0.797. The Morgan fingerprint density at radius 1 is 0.840 bits per heavy atom. The van der Waals surface area contributed by atoms with Gasteiger partial charge in [-0.1, -0.05) is 54.6 Å². The van der Waals surface area contributed by atoms with Gasteiger partial charge in [-0.3, -0.25) is 4.79 Å². The van der Waals surface area contributed by atoms with Crippen molar-refractivity contribution in [3.8, 4) is 11.1 Å². The third kappa shape index (κ3) is 2.66. The Balaban J connectivity index is 1.85. The molecule has 0 atom stereocenters. The van der Waals surface area contributed by atoms with E-state index >= 15 is 0 Å². The molecule has 0 saturated carbocycles. The fourth-order valence-corrected chi connectivity index (χ4v) is 3.51. The Labute approximate surface area is 147 Å². The molecule has 25 heavy (non-hydrogen) atoms. The number of carbonyl (C=O) groups excluding carboxylic acids is 1. The average molecular weight is 325 g/mol. The summed E-state index contributed by atoms with van der Waals surface area (Å²) in [6, 6.07) is 23.5. The van der Waals surface area contributed by atoms with Gasteiger partial charge in [0.05, 0.1) is 0 Å². The van der Waals surface area contributed by atoms with Crippen LogP contribution in [0.4, 0.5) is 0 Å². The van der Waals surface area contributed by atoms with Crippen molar-refractivity contribution in [1.82, 2.24) is 4.57 Å². The zero-order valence-electron chi connectivity index (χ0n) is 14.1. The Morgan fingerprint density at radius 3 is 2.32 bits per heavy atom. The van der Waals surface area contributed by atoms with Gasteiger partial charge < -0.3 is 4.57 Å². The van der Waals surface area contributed by atoms with Gasteiger partial charge in [0.2, 0.25) is 0 Å². The van der Waals surface area contributed by atoms with Crippen molar-refractivity contribution in [2.75, 3.05) is 0 Å². The smallest absolute Gasteiger partial charge is 0.142 e. The van der Waals surface area contributed by atoms with Crippen LogP contribution in [-0.2, 0) is 11.3 Å². The number of para-hydroxylation sites is 1. The van der Waals surface area contributed by atoms with Gasteiger partial charge in [-0.05, 0) is 47.9 Å². The molecule has 0 unspecified atom stereocenters. The summed E-state index contributed by atoms with van der Waals surface area (Å²) in [6.45, 7) is 3.15. The molecule has 4 aromatic rings. The highest BCUT2D eigenvalue weighted by atomic mass is 16.1. The minimum atomic E-state index is 0.797. The Kier molecular flexibility index (Phi) is 3.95. The number of benzene rings is 3. The molecular weight excluding hydrogens is 306 g/mol. The first-order chi connectivity index (χ1) is 12.3. The number of fused-ring (bicyclic) bond motifs is 3. The maximum Gasteiger partial charge on any atom is 0.142 e. The van der Waals surface area contributed by atoms with Crippen molar-refractivity contribution in [2.45, 2.75) is 13.5 Å². The summed E-state index contributed by atoms with van der Waals surface area (Å²) in [5.74, 6) is 0. The second-order valence-corrected chi connectivity index (χ2v) is 6.11. The standard InChI is InChI=1S/C23H19NO/c1-2-24-22-8-4-3-7-20(22)21-16-19(13-14-23(21)24)18-11-9-17(10-12-18)6-5-15-25/h3-16H,2H2,1H3. The summed E-state index contributed by atoms with van der Waals surface area (Å²) in [5.41, 5.74) is 5.97. The van der Waals surface area contributed by atoms with Gasteiger partial charge in [-0.15, -0.1) is 0 Å². The number of aromatic nitrogens is 1. The Hall–Kier alpha value is -3.13. The highest BCUT2D eigenvalue weighted by Gasteiger charge is 2.10. The first-order valence-corrected chi connectivity index (χ1v) is 8.55. The molecule has 1 heterocycles. The summed E-state index contributed by atoms with van der Waals surface area (Å²) < 4.78 is 2.36.